The predicted molar refractivity (Wildman–Crippen MR) is 150 cm³/mol. The molecule has 0 fully saturated rings. The van der Waals surface area contributed by atoms with Crippen LogP contribution in [-0.2, 0) is 25.7 Å². The van der Waals surface area contributed by atoms with Gasteiger partial charge in [-0.25, -0.2) is 4.79 Å². The molecule has 3 amide bonds. The number of hydrogen-bond acceptors (Lipinski definition) is 9. The van der Waals surface area contributed by atoms with Crippen molar-refractivity contribution in [1.29, 1.82) is 0 Å². The molecule has 6 atom stereocenters. The van der Waals surface area contributed by atoms with Gasteiger partial charge >= 0.3 is 12.1 Å². The van der Waals surface area contributed by atoms with E-state index in [0.717, 1.165) is 5.56 Å². The van der Waals surface area contributed by atoms with Crippen molar-refractivity contribution in [2.45, 2.75) is 69.7 Å². The van der Waals surface area contributed by atoms with Gasteiger partial charge in [-0.2, -0.15) is 0 Å². The molecule has 8 N–H and O–H groups in total. The number of hydrogen-bond donors (Lipinski definition) is 8. The third-order valence-electron chi connectivity index (χ3n) is 6.30. The minimum Gasteiger partial charge on any atom is -0.481 e. The molecule has 0 saturated heterocycles. The SMILES string of the molecule is CC(C)C[C@H](NC(=O)OCc1ccccc1)C(=O)N[C@@H](CO)[C@@H](O)[C@@H](O)[C@H](O)C(=O)N[C@@H](CC(=O)O)c1ccccc1. The summed E-state index contributed by atoms with van der Waals surface area (Å²) in [4.78, 5) is 49.3. The molecule has 0 bridgehead atoms. The summed E-state index contributed by atoms with van der Waals surface area (Å²) in [6.07, 6.45) is -7.69. The third kappa shape index (κ3) is 11.1. The molecule has 2 rings (SSSR count). The maximum atomic E-state index is 13.0. The molecule has 2 aromatic rings. The zero-order valence-corrected chi connectivity index (χ0v) is 23.4. The van der Waals surface area contributed by atoms with Crippen molar-refractivity contribution in [3.8, 4) is 0 Å². The fourth-order valence-corrected chi connectivity index (χ4v) is 4.08. The average Bonchev–Trinajstić information content (AvgIpc) is 2.97. The van der Waals surface area contributed by atoms with Crippen LogP contribution in [-0.4, -0.2) is 86.4 Å². The summed E-state index contributed by atoms with van der Waals surface area (Å²) in [7, 11) is 0. The van der Waals surface area contributed by atoms with Crippen LogP contribution in [0.5, 0.6) is 0 Å². The first-order chi connectivity index (χ1) is 19.9. The van der Waals surface area contributed by atoms with Crippen molar-refractivity contribution in [2.75, 3.05) is 6.61 Å². The molecule has 0 spiro atoms. The van der Waals surface area contributed by atoms with E-state index >= 15 is 0 Å². The van der Waals surface area contributed by atoms with Gasteiger partial charge in [0.25, 0.3) is 5.91 Å². The monoisotopic (exact) mass is 589 g/mol. The van der Waals surface area contributed by atoms with E-state index in [1.165, 1.54) is 0 Å². The number of ether oxygens (including phenoxy) is 1. The van der Waals surface area contributed by atoms with Crippen LogP contribution >= 0.6 is 0 Å². The number of aliphatic carboxylic acids is 1. The zero-order chi connectivity index (χ0) is 31.2. The second-order valence-corrected chi connectivity index (χ2v) is 10.2. The topological polar surface area (TPSA) is 215 Å². The fraction of sp³-hybridized carbons (Fsp3) is 0.448. The highest BCUT2D eigenvalue weighted by Gasteiger charge is 2.37. The lowest BCUT2D eigenvalue weighted by Gasteiger charge is -2.30. The van der Waals surface area contributed by atoms with Crippen LogP contribution in [0, 0.1) is 5.92 Å². The quantitative estimate of drug-likeness (QED) is 0.133. The predicted octanol–water partition coefficient (Wildman–Crippen LogP) is 0.220. The lowest BCUT2D eigenvalue weighted by atomic mass is 9.98. The normalized spacial score (nSPS) is 15.4. The van der Waals surface area contributed by atoms with Gasteiger partial charge in [-0.3, -0.25) is 14.4 Å². The molecule has 0 aromatic heterocycles. The third-order valence-corrected chi connectivity index (χ3v) is 6.30. The highest BCUT2D eigenvalue weighted by atomic mass is 16.5. The molecule has 0 aliphatic rings. The van der Waals surface area contributed by atoms with Crippen LogP contribution in [0.1, 0.15) is 43.9 Å². The van der Waals surface area contributed by atoms with Crippen LogP contribution in [0.2, 0.25) is 0 Å². The molecule has 42 heavy (non-hydrogen) atoms. The van der Waals surface area contributed by atoms with Crippen molar-refractivity contribution >= 4 is 23.9 Å². The van der Waals surface area contributed by atoms with E-state index in [-0.39, 0.29) is 18.9 Å². The molecule has 0 heterocycles. The van der Waals surface area contributed by atoms with E-state index in [1.807, 2.05) is 6.07 Å². The number of aliphatic hydroxyl groups is 4. The Morgan fingerprint density at radius 2 is 1.40 bits per heavy atom. The number of carboxylic acids is 1. The minimum atomic E-state index is -2.25. The Balaban J connectivity index is 2.03. The van der Waals surface area contributed by atoms with Gasteiger partial charge in [0, 0.05) is 0 Å². The molecule has 0 radical (unpaired) electrons. The molecule has 2 aromatic carbocycles. The van der Waals surface area contributed by atoms with Crippen LogP contribution in [0.3, 0.4) is 0 Å². The van der Waals surface area contributed by atoms with E-state index in [4.69, 9.17) is 4.74 Å². The summed E-state index contributed by atoms with van der Waals surface area (Å²) < 4.78 is 5.17. The number of nitrogens with one attached hydrogen (secondary N) is 3. The Hall–Kier alpha value is -4.04. The number of amides is 3. The van der Waals surface area contributed by atoms with Crippen molar-refractivity contribution in [2.24, 2.45) is 5.92 Å². The van der Waals surface area contributed by atoms with Crippen LogP contribution < -0.4 is 16.0 Å². The van der Waals surface area contributed by atoms with Gasteiger partial charge in [-0.15, -0.1) is 0 Å². The Morgan fingerprint density at radius 3 is 1.95 bits per heavy atom. The molecule has 0 aliphatic carbocycles. The molecule has 230 valence electrons. The molecule has 13 heteroatoms. The standard InChI is InChI=1S/C29H39N3O10/c1-17(2)13-21(32-29(41)42-16-18-9-5-3-6-10-18)27(39)31-22(15-33)24(36)25(37)26(38)28(40)30-20(14-23(34)35)19-11-7-4-8-12-19/h3-12,17,20-22,24-26,33,36-38H,13-16H2,1-2H3,(H,30,40)(H,31,39)(H,32,41)(H,34,35)/t20-,21-,22-,24+,25+,26-/m0/s1. The zero-order valence-electron chi connectivity index (χ0n) is 23.4. The lowest BCUT2D eigenvalue weighted by Crippen LogP contribution is -2.59. The first kappa shape index (κ1) is 34.2. The maximum Gasteiger partial charge on any atom is 0.408 e. The number of carbonyl (C=O) groups excluding carboxylic acids is 3. The van der Waals surface area contributed by atoms with Gasteiger partial charge < -0.3 is 46.2 Å². The highest BCUT2D eigenvalue weighted by molar-refractivity contribution is 5.86. The smallest absolute Gasteiger partial charge is 0.408 e. The van der Waals surface area contributed by atoms with Crippen molar-refractivity contribution < 1.29 is 49.4 Å². The number of carbonyl (C=O) groups is 4. The summed E-state index contributed by atoms with van der Waals surface area (Å²) in [5.41, 5.74) is 1.16. The molecule has 0 aliphatic heterocycles. The molecular formula is C29H39N3O10. The van der Waals surface area contributed by atoms with Crippen molar-refractivity contribution in [3.05, 3.63) is 71.8 Å². The van der Waals surface area contributed by atoms with Gasteiger partial charge in [-0.1, -0.05) is 74.5 Å². The number of alkyl carbamates (subject to hydrolysis) is 1. The maximum absolute atomic E-state index is 13.0. The number of benzene rings is 2. The summed E-state index contributed by atoms with van der Waals surface area (Å²) in [5.74, 6) is -3.28. The lowest BCUT2D eigenvalue weighted by molar-refractivity contribution is -0.145. The number of aliphatic hydroxyl groups excluding tert-OH is 4. The number of rotatable bonds is 16. The second-order valence-electron chi connectivity index (χ2n) is 10.2. The van der Waals surface area contributed by atoms with Gasteiger partial charge in [0.1, 0.15) is 24.9 Å². The largest absolute Gasteiger partial charge is 0.481 e. The Labute approximate surface area is 243 Å². The summed E-state index contributed by atoms with van der Waals surface area (Å²) in [6, 6.07) is 13.2. The van der Waals surface area contributed by atoms with Crippen LogP contribution in [0.25, 0.3) is 0 Å². The Morgan fingerprint density at radius 1 is 0.810 bits per heavy atom. The highest BCUT2D eigenvalue weighted by Crippen LogP contribution is 2.18. The first-order valence-electron chi connectivity index (χ1n) is 13.4. The number of carboxylic acid groups (broad SMARTS) is 1. The first-order valence-corrected chi connectivity index (χ1v) is 13.4. The summed E-state index contributed by atoms with van der Waals surface area (Å²) in [6.45, 7) is 2.68. The van der Waals surface area contributed by atoms with E-state index in [9.17, 15) is 44.7 Å². The van der Waals surface area contributed by atoms with Gasteiger partial charge in [0.15, 0.2) is 6.10 Å². The summed E-state index contributed by atoms with van der Waals surface area (Å²) >= 11 is 0. The Kier molecular flexibility index (Phi) is 13.9. The van der Waals surface area contributed by atoms with Crippen molar-refractivity contribution in [3.63, 3.8) is 0 Å². The van der Waals surface area contributed by atoms with E-state index in [1.54, 1.807) is 68.4 Å². The van der Waals surface area contributed by atoms with E-state index in [0.29, 0.717) is 5.56 Å². The molecule has 13 nitrogen and oxygen atoms in total. The summed E-state index contributed by atoms with van der Waals surface area (Å²) in [5, 5.41) is 57.7. The second kappa shape index (κ2) is 17.0. The van der Waals surface area contributed by atoms with Gasteiger partial charge in [0.05, 0.1) is 25.1 Å². The van der Waals surface area contributed by atoms with E-state index < -0.39 is 73.3 Å². The average molecular weight is 590 g/mol. The Bertz CT molecular complexity index is 1150. The van der Waals surface area contributed by atoms with Crippen LogP contribution in [0.4, 0.5) is 4.79 Å². The van der Waals surface area contributed by atoms with Crippen LogP contribution in [0.15, 0.2) is 60.7 Å². The molecule has 0 saturated carbocycles. The molecular weight excluding hydrogens is 550 g/mol. The van der Waals surface area contributed by atoms with E-state index in [2.05, 4.69) is 16.0 Å². The van der Waals surface area contributed by atoms with Gasteiger partial charge in [-0.05, 0) is 23.5 Å². The van der Waals surface area contributed by atoms with Crippen molar-refractivity contribution in [1.82, 2.24) is 16.0 Å². The minimum absolute atomic E-state index is 0.0373. The van der Waals surface area contributed by atoms with Gasteiger partial charge in [0.2, 0.25) is 5.91 Å². The molecule has 0 unspecified atom stereocenters. The fourth-order valence-electron chi connectivity index (χ4n) is 4.08.